The van der Waals surface area contributed by atoms with Crippen LogP contribution in [0.2, 0.25) is 0 Å². The third kappa shape index (κ3) is 3.09. The van der Waals surface area contributed by atoms with Crippen LogP contribution >= 0.6 is 0 Å². The molecule has 0 aliphatic carbocycles. The monoisotopic (exact) mass is 355 g/mol. The maximum atomic E-state index is 12.4. The molecular formula is C17H13N3O6. The molecule has 0 saturated carbocycles. The quantitative estimate of drug-likeness (QED) is 0.403. The van der Waals surface area contributed by atoms with Gasteiger partial charge in [-0.1, -0.05) is 0 Å². The summed E-state index contributed by atoms with van der Waals surface area (Å²) < 4.78 is 10.9. The fourth-order valence-corrected chi connectivity index (χ4v) is 2.46. The van der Waals surface area contributed by atoms with E-state index in [1.807, 2.05) is 0 Å². The van der Waals surface area contributed by atoms with E-state index in [-0.39, 0.29) is 17.0 Å². The first-order valence-electron chi connectivity index (χ1n) is 7.44. The number of carbonyl (C=O) groups is 2. The van der Waals surface area contributed by atoms with Crippen LogP contribution in [0.3, 0.4) is 0 Å². The number of benzene rings is 2. The van der Waals surface area contributed by atoms with E-state index in [1.165, 1.54) is 43.6 Å². The molecule has 3 rings (SSSR count). The van der Waals surface area contributed by atoms with E-state index in [0.29, 0.717) is 10.9 Å². The molecule has 132 valence electrons. The zero-order chi connectivity index (χ0) is 18.8. The van der Waals surface area contributed by atoms with E-state index in [1.54, 1.807) is 13.0 Å². The zero-order valence-electron chi connectivity index (χ0n) is 13.8. The van der Waals surface area contributed by atoms with Crippen molar-refractivity contribution in [3.05, 3.63) is 63.8 Å². The molecule has 0 atom stereocenters. The van der Waals surface area contributed by atoms with Gasteiger partial charge in [-0.25, -0.2) is 9.59 Å². The van der Waals surface area contributed by atoms with Crippen LogP contribution in [-0.4, -0.2) is 33.9 Å². The van der Waals surface area contributed by atoms with Gasteiger partial charge in [0.05, 0.1) is 29.3 Å². The molecule has 2 aromatic carbocycles. The Morgan fingerprint density at radius 1 is 1.19 bits per heavy atom. The Labute approximate surface area is 146 Å². The Kier molecular flexibility index (Phi) is 4.36. The largest absolute Gasteiger partial charge is 0.465 e. The van der Waals surface area contributed by atoms with E-state index < -0.39 is 17.0 Å². The van der Waals surface area contributed by atoms with Crippen molar-refractivity contribution < 1.29 is 24.0 Å². The number of fused-ring (bicyclic) bond motifs is 1. The first kappa shape index (κ1) is 17.1. The van der Waals surface area contributed by atoms with Crippen molar-refractivity contribution in [3.8, 4) is 5.75 Å². The highest BCUT2D eigenvalue weighted by Gasteiger charge is 2.17. The Morgan fingerprint density at radius 3 is 2.50 bits per heavy atom. The standard InChI is InChI=1S/C17H13N3O6/c1-10-7-11(16(21)25-2)8-15-14(10)9-18-19(15)17(22)26-13-5-3-12(4-6-13)20(23)24/h3-9H,1-2H3. The van der Waals surface area contributed by atoms with Gasteiger partial charge in [-0.05, 0) is 36.8 Å². The van der Waals surface area contributed by atoms with Crippen molar-refractivity contribution in [1.29, 1.82) is 0 Å². The van der Waals surface area contributed by atoms with Crippen LogP contribution < -0.4 is 4.74 Å². The smallest absolute Gasteiger partial charge is 0.440 e. The minimum atomic E-state index is -0.810. The maximum Gasteiger partial charge on any atom is 0.440 e. The molecule has 26 heavy (non-hydrogen) atoms. The van der Waals surface area contributed by atoms with Gasteiger partial charge < -0.3 is 9.47 Å². The third-order valence-corrected chi connectivity index (χ3v) is 3.74. The average molecular weight is 355 g/mol. The molecule has 3 aromatic rings. The number of carbonyl (C=O) groups excluding carboxylic acids is 2. The second-order valence-corrected chi connectivity index (χ2v) is 5.39. The molecule has 9 nitrogen and oxygen atoms in total. The van der Waals surface area contributed by atoms with E-state index in [9.17, 15) is 19.7 Å². The summed E-state index contributed by atoms with van der Waals surface area (Å²) in [6, 6.07) is 8.20. The van der Waals surface area contributed by atoms with Crippen LogP contribution in [0.1, 0.15) is 15.9 Å². The molecule has 0 fully saturated rings. The van der Waals surface area contributed by atoms with Crippen molar-refractivity contribution in [2.24, 2.45) is 0 Å². The van der Waals surface area contributed by atoms with Crippen molar-refractivity contribution >= 4 is 28.7 Å². The number of hydrogen-bond acceptors (Lipinski definition) is 7. The zero-order valence-corrected chi connectivity index (χ0v) is 13.8. The molecular weight excluding hydrogens is 342 g/mol. The van der Waals surface area contributed by atoms with E-state index in [2.05, 4.69) is 5.10 Å². The number of ether oxygens (including phenoxy) is 2. The molecule has 0 saturated heterocycles. The lowest BCUT2D eigenvalue weighted by atomic mass is 10.1. The number of non-ortho nitro benzene ring substituents is 1. The average Bonchev–Trinajstić information content (AvgIpc) is 3.06. The van der Waals surface area contributed by atoms with Crippen LogP contribution in [0.4, 0.5) is 10.5 Å². The Hall–Kier alpha value is -3.75. The minimum absolute atomic E-state index is 0.118. The number of nitro groups is 1. The van der Waals surface area contributed by atoms with Crippen molar-refractivity contribution in [2.45, 2.75) is 6.92 Å². The summed E-state index contributed by atoms with van der Waals surface area (Å²) in [4.78, 5) is 34.3. The summed E-state index contributed by atoms with van der Waals surface area (Å²) in [5.74, 6) is -0.406. The number of hydrogen-bond donors (Lipinski definition) is 0. The van der Waals surface area contributed by atoms with Gasteiger partial charge in [-0.2, -0.15) is 9.78 Å². The molecule has 0 radical (unpaired) electrons. The van der Waals surface area contributed by atoms with Crippen molar-refractivity contribution in [3.63, 3.8) is 0 Å². The number of nitro benzene ring substituents is 1. The number of rotatable bonds is 3. The summed E-state index contributed by atoms with van der Waals surface area (Å²) in [6.45, 7) is 1.78. The Balaban J connectivity index is 1.94. The van der Waals surface area contributed by atoms with Crippen LogP contribution in [0, 0.1) is 17.0 Å². The van der Waals surface area contributed by atoms with Crippen molar-refractivity contribution in [1.82, 2.24) is 9.78 Å². The van der Waals surface area contributed by atoms with E-state index >= 15 is 0 Å². The molecule has 0 spiro atoms. The lowest BCUT2D eigenvalue weighted by molar-refractivity contribution is -0.384. The highest BCUT2D eigenvalue weighted by Crippen LogP contribution is 2.23. The van der Waals surface area contributed by atoms with E-state index in [0.717, 1.165) is 10.2 Å². The molecule has 0 amide bonds. The first-order chi connectivity index (χ1) is 12.4. The summed E-state index contributed by atoms with van der Waals surface area (Å²) >= 11 is 0. The first-order valence-corrected chi connectivity index (χ1v) is 7.44. The summed E-state index contributed by atoms with van der Waals surface area (Å²) in [6.07, 6.45) is 0.679. The van der Waals surface area contributed by atoms with Gasteiger partial charge >= 0.3 is 12.1 Å². The van der Waals surface area contributed by atoms with Crippen LogP contribution in [0.25, 0.3) is 10.9 Å². The van der Waals surface area contributed by atoms with E-state index in [4.69, 9.17) is 9.47 Å². The molecule has 0 aliphatic rings. The molecule has 0 aliphatic heterocycles. The molecule has 1 aromatic heterocycles. The van der Waals surface area contributed by atoms with Gasteiger partial charge in [0.1, 0.15) is 5.75 Å². The lowest BCUT2D eigenvalue weighted by Crippen LogP contribution is -2.18. The molecule has 0 N–H and O–H groups in total. The van der Waals surface area contributed by atoms with Crippen LogP contribution in [0.5, 0.6) is 5.75 Å². The lowest BCUT2D eigenvalue weighted by Gasteiger charge is -2.06. The topological polar surface area (TPSA) is 114 Å². The maximum absolute atomic E-state index is 12.4. The third-order valence-electron chi connectivity index (χ3n) is 3.74. The highest BCUT2D eigenvalue weighted by atomic mass is 16.6. The molecule has 1 heterocycles. The van der Waals surface area contributed by atoms with Crippen molar-refractivity contribution in [2.75, 3.05) is 7.11 Å². The Morgan fingerprint density at radius 2 is 1.88 bits per heavy atom. The number of aryl methyl sites for hydroxylation is 1. The summed E-state index contributed by atoms with van der Waals surface area (Å²) in [7, 11) is 1.27. The minimum Gasteiger partial charge on any atom is -0.465 e. The molecule has 9 heteroatoms. The predicted octanol–water partition coefficient (Wildman–Crippen LogP) is 3.09. The fourth-order valence-electron chi connectivity index (χ4n) is 2.46. The van der Waals surface area contributed by atoms with Gasteiger partial charge in [-0.3, -0.25) is 10.1 Å². The molecule has 0 unspecified atom stereocenters. The van der Waals surface area contributed by atoms with Gasteiger partial charge in [0, 0.05) is 17.5 Å². The highest BCUT2D eigenvalue weighted by molar-refractivity contribution is 5.98. The number of methoxy groups -OCH3 is 1. The Bertz CT molecular complexity index is 1020. The fraction of sp³-hybridized carbons (Fsp3) is 0.118. The van der Waals surface area contributed by atoms with Gasteiger partial charge in [-0.15, -0.1) is 0 Å². The summed E-state index contributed by atoms with van der Waals surface area (Å²) in [5.41, 5.74) is 1.30. The van der Waals surface area contributed by atoms with Gasteiger partial charge in [0.25, 0.3) is 5.69 Å². The molecule has 0 bridgehead atoms. The van der Waals surface area contributed by atoms with Gasteiger partial charge in [0.15, 0.2) is 0 Å². The van der Waals surface area contributed by atoms with Crippen LogP contribution in [-0.2, 0) is 4.74 Å². The second kappa shape index (κ2) is 6.63. The van der Waals surface area contributed by atoms with Crippen LogP contribution in [0.15, 0.2) is 42.6 Å². The number of aromatic nitrogens is 2. The second-order valence-electron chi connectivity index (χ2n) is 5.39. The number of nitrogens with zero attached hydrogens (tertiary/aromatic N) is 3. The number of esters is 1. The van der Waals surface area contributed by atoms with Gasteiger partial charge in [0.2, 0.25) is 0 Å². The SMILES string of the molecule is COC(=O)c1cc(C)c2cnn(C(=O)Oc3ccc([N+](=O)[O-])cc3)c2c1. The summed E-state index contributed by atoms with van der Waals surface area (Å²) in [5, 5.41) is 15.3. The predicted molar refractivity (Wildman–Crippen MR) is 90.3 cm³/mol. The normalized spacial score (nSPS) is 10.5.